The van der Waals surface area contributed by atoms with E-state index in [-0.39, 0.29) is 13.2 Å². The van der Waals surface area contributed by atoms with Gasteiger partial charge in [0, 0.05) is 13.1 Å². The number of aliphatic hydroxyl groups is 2. The second kappa shape index (κ2) is 11.7. The summed E-state index contributed by atoms with van der Waals surface area (Å²) in [4.78, 5) is 0. The van der Waals surface area contributed by atoms with Crippen molar-refractivity contribution in [2.24, 2.45) is 11.8 Å². The minimum absolute atomic E-state index is 0.139. The highest BCUT2D eigenvalue weighted by Gasteiger charge is 2.24. The van der Waals surface area contributed by atoms with Crippen LogP contribution < -0.4 is 5.32 Å². The molecule has 2 rings (SSSR count). The Kier molecular flexibility index (Phi) is 10.4. The summed E-state index contributed by atoms with van der Waals surface area (Å²) in [5.41, 5.74) is 0. The Bertz CT molecular complexity index is 167. The quantitative estimate of drug-likeness (QED) is 0.674. The molecule has 2 fully saturated rings. The smallest absolute Gasteiger partial charge is 0.0555 e. The SMILES string of the molecule is C1CCC(C2CCCCC2)CC1.OCCNCCO. The van der Waals surface area contributed by atoms with E-state index in [1.54, 1.807) is 25.7 Å². The maximum Gasteiger partial charge on any atom is 0.0555 e. The van der Waals surface area contributed by atoms with E-state index in [2.05, 4.69) is 5.32 Å². The lowest BCUT2D eigenvalue weighted by Crippen LogP contribution is -2.21. The Morgan fingerprint density at radius 3 is 1.32 bits per heavy atom. The van der Waals surface area contributed by atoms with Crippen LogP contribution in [0, 0.1) is 11.8 Å². The average Bonchev–Trinajstić information content (AvgIpc) is 2.50. The van der Waals surface area contributed by atoms with Gasteiger partial charge < -0.3 is 15.5 Å². The van der Waals surface area contributed by atoms with Crippen molar-refractivity contribution in [1.29, 1.82) is 0 Å². The van der Waals surface area contributed by atoms with Crippen LogP contribution in [0.15, 0.2) is 0 Å². The molecule has 0 aromatic carbocycles. The number of rotatable bonds is 5. The van der Waals surface area contributed by atoms with Crippen molar-refractivity contribution in [2.45, 2.75) is 64.2 Å². The lowest BCUT2D eigenvalue weighted by atomic mass is 9.73. The van der Waals surface area contributed by atoms with Crippen molar-refractivity contribution in [3.63, 3.8) is 0 Å². The first-order valence-corrected chi connectivity index (χ1v) is 8.31. The van der Waals surface area contributed by atoms with Crippen LogP contribution in [0.25, 0.3) is 0 Å². The third-order valence-electron chi connectivity index (χ3n) is 4.54. The summed E-state index contributed by atoms with van der Waals surface area (Å²) < 4.78 is 0. The van der Waals surface area contributed by atoms with Gasteiger partial charge in [-0.2, -0.15) is 0 Å². The first-order valence-electron chi connectivity index (χ1n) is 8.31. The summed E-state index contributed by atoms with van der Waals surface area (Å²) in [7, 11) is 0. The first-order chi connectivity index (χ1) is 9.38. The van der Waals surface area contributed by atoms with Gasteiger partial charge in [-0.15, -0.1) is 0 Å². The fourth-order valence-electron chi connectivity index (χ4n) is 3.49. The topological polar surface area (TPSA) is 52.5 Å². The lowest BCUT2D eigenvalue weighted by molar-refractivity contribution is 0.196. The maximum atomic E-state index is 8.15. The molecule has 0 atom stereocenters. The van der Waals surface area contributed by atoms with E-state index >= 15 is 0 Å². The highest BCUT2D eigenvalue weighted by atomic mass is 16.3. The minimum atomic E-state index is 0.139. The van der Waals surface area contributed by atoms with Crippen LogP contribution >= 0.6 is 0 Å². The van der Waals surface area contributed by atoms with Crippen molar-refractivity contribution in [3.05, 3.63) is 0 Å². The molecule has 0 aromatic heterocycles. The number of hydrogen-bond acceptors (Lipinski definition) is 3. The van der Waals surface area contributed by atoms with Crippen molar-refractivity contribution in [1.82, 2.24) is 5.32 Å². The molecule has 0 aromatic rings. The molecule has 0 aliphatic heterocycles. The standard InChI is InChI=1S/C12H22.C4H11NO2/c1-3-7-11(8-4-1)12-9-5-2-6-10-12;6-3-1-5-2-4-7/h11-12H,1-10H2;5-7H,1-4H2. The summed E-state index contributed by atoms with van der Waals surface area (Å²) in [5.74, 6) is 2.28. The van der Waals surface area contributed by atoms with Crippen molar-refractivity contribution < 1.29 is 10.2 Å². The molecule has 2 aliphatic rings. The van der Waals surface area contributed by atoms with Crippen LogP contribution in [0.1, 0.15) is 64.2 Å². The Morgan fingerprint density at radius 2 is 1.00 bits per heavy atom. The lowest BCUT2D eigenvalue weighted by Gasteiger charge is -2.32. The molecule has 0 spiro atoms. The van der Waals surface area contributed by atoms with Gasteiger partial charge in [0.05, 0.1) is 13.2 Å². The fraction of sp³-hybridized carbons (Fsp3) is 1.00. The molecule has 3 N–H and O–H groups in total. The van der Waals surface area contributed by atoms with Crippen molar-refractivity contribution in [2.75, 3.05) is 26.3 Å². The van der Waals surface area contributed by atoms with E-state index in [9.17, 15) is 0 Å². The van der Waals surface area contributed by atoms with Gasteiger partial charge in [0.15, 0.2) is 0 Å². The van der Waals surface area contributed by atoms with Crippen molar-refractivity contribution in [3.8, 4) is 0 Å². The maximum absolute atomic E-state index is 8.15. The van der Waals surface area contributed by atoms with E-state index in [1.807, 2.05) is 0 Å². The zero-order chi connectivity index (χ0) is 13.8. The summed E-state index contributed by atoms with van der Waals surface area (Å²) in [6.07, 6.45) is 15.4. The number of hydrogen-bond donors (Lipinski definition) is 3. The summed E-state index contributed by atoms with van der Waals surface area (Å²) >= 11 is 0. The second-order valence-corrected chi connectivity index (χ2v) is 5.99. The number of nitrogens with one attached hydrogen (secondary N) is 1. The predicted octanol–water partition coefficient (Wildman–Crippen LogP) is 2.71. The monoisotopic (exact) mass is 271 g/mol. The Balaban J connectivity index is 0.000000224. The van der Waals surface area contributed by atoms with Crippen molar-refractivity contribution >= 4 is 0 Å². The van der Waals surface area contributed by atoms with Gasteiger partial charge in [-0.05, 0) is 11.8 Å². The zero-order valence-electron chi connectivity index (χ0n) is 12.4. The van der Waals surface area contributed by atoms with Crippen LogP contribution in [0.2, 0.25) is 0 Å². The van der Waals surface area contributed by atoms with Crippen LogP contribution in [0.3, 0.4) is 0 Å². The van der Waals surface area contributed by atoms with Gasteiger partial charge in [0.2, 0.25) is 0 Å². The molecule has 2 aliphatic carbocycles. The van der Waals surface area contributed by atoms with Crippen LogP contribution in [-0.4, -0.2) is 36.5 Å². The van der Waals surface area contributed by atoms with Gasteiger partial charge in [-0.3, -0.25) is 0 Å². The van der Waals surface area contributed by atoms with E-state index in [4.69, 9.17) is 10.2 Å². The van der Waals surface area contributed by atoms with Crippen LogP contribution in [0.5, 0.6) is 0 Å². The van der Waals surface area contributed by atoms with Crippen LogP contribution in [-0.2, 0) is 0 Å². The average molecular weight is 271 g/mol. The molecule has 3 heteroatoms. The molecule has 19 heavy (non-hydrogen) atoms. The molecule has 0 bridgehead atoms. The predicted molar refractivity (Wildman–Crippen MR) is 80.2 cm³/mol. The highest BCUT2D eigenvalue weighted by molar-refractivity contribution is 4.76. The van der Waals surface area contributed by atoms with Gasteiger partial charge in [0.1, 0.15) is 0 Å². The van der Waals surface area contributed by atoms with Crippen LogP contribution in [0.4, 0.5) is 0 Å². The van der Waals surface area contributed by atoms with E-state index in [0.717, 1.165) is 11.8 Å². The Labute approximate surface area is 118 Å². The Morgan fingerprint density at radius 1 is 0.632 bits per heavy atom. The van der Waals surface area contributed by atoms with E-state index < -0.39 is 0 Å². The molecule has 0 unspecified atom stereocenters. The molecule has 114 valence electrons. The normalized spacial score (nSPS) is 21.8. The molecular weight excluding hydrogens is 238 g/mol. The largest absolute Gasteiger partial charge is 0.395 e. The Hall–Kier alpha value is -0.120. The molecule has 0 heterocycles. The molecule has 0 saturated heterocycles. The van der Waals surface area contributed by atoms with Gasteiger partial charge in [-0.25, -0.2) is 0 Å². The number of aliphatic hydroxyl groups excluding tert-OH is 2. The van der Waals surface area contributed by atoms with E-state index in [1.165, 1.54) is 38.5 Å². The highest BCUT2D eigenvalue weighted by Crippen LogP contribution is 2.37. The molecule has 3 nitrogen and oxygen atoms in total. The molecule has 2 saturated carbocycles. The fourth-order valence-corrected chi connectivity index (χ4v) is 3.49. The third kappa shape index (κ3) is 7.91. The summed E-state index contributed by atoms with van der Waals surface area (Å²) in [6, 6.07) is 0. The summed E-state index contributed by atoms with van der Waals surface area (Å²) in [6.45, 7) is 1.42. The molecule has 0 radical (unpaired) electrons. The first kappa shape index (κ1) is 16.9. The molecular formula is C16H33NO2. The molecule has 0 amide bonds. The van der Waals surface area contributed by atoms with Gasteiger partial charge in [-0.1, -0.05) is 64.2 Å². The minimum Gasteiger partial charge on any atom is -0.395 e. The van der Waals surface area contributed by atoms with Gasteiger partial charge in [0.25, 0.3) is 0 Å². The van der Waals surface area contributed by atoms with Gasteiger partial charge >= 0.3 is 0 Å². The summed E-state index contributed by atoms with van der Waals surface area (Å²) in [5, 5.41) is 19.1. The van der Waals surface area contributed by atoms with E-state index in [0.29, 0.717) is 13.1 Å². The zero-order valence-corrected chi connectivity index (χ0v) is 12.4. The second-order valence-electron chi connectivity index (χ2n) is 5.99. The third-order valence-corrected chi connectivity index (χ3v) is 4.54.